The van der Waals surface area contributed by atoms with Crippen molar-refractivity contribution in [2.24, 2.45) is 5.92 Å². The molecule has 1 aliphatic carbocycles. The van der Waals surface area contributed by atoms with Crippen LogP contribution in [0.5, 0.6) is 11.5 Å². The van der Waals surface area contributed by atoms with Gasteiger partial charge in [-0.1, -0.05) is 54.6 Å². The average Bonchev–Trinajstić information content (AvgIpc) is 2.93. The van der Waals surface area contributed by atoms with Crippen LogP contribution in [0.15, 0.2) is 72.8 Å². The van der Waals surface area contributed by atoms with Crippen LogP contribution in [0.25, 0.3) is 0 Å². The van der Waals surface area contributed by atoms with Gasteiger partial charge < -0.3 is 33.5 Å². The van der Waals surface area contributed by atoms with E-state index in [0.717, 1.165) is 12.0 Å². The van der Waals surface area contributed by atoms with Crippen molar-refractivity contribution in [1.82, 2.24) is 0 Å². The van der Waals surface area contributed by atoms with E-state index in [2.05, 4.69) is 12.2 Å². The Morgan fingerprint density at radius 2 is 1.43 bits per heavy atom. The van der Waals surface area contributed by atoms with Gasteiger partial charge in [0.15, 0.2) is 11.5 Å². The van der Waals surface area contributed by atoms with Crippen LogP contribution in [0.4, 0.5) is 0 Å². The van der Waals surface area contributed by atoms with E-state index in [-0.39, 0.29) is 12.2 Å². The number of carboxylic acid groups (broad SMARTS) is 1. The second kappa shape index (κ2) is 17.3. The van der Waals surface area contributed by atoms with Gasteiger partial charge in [0.2, 0.25) is 0 Å². The zero-order chi connectivity index (χ0) is 26.0. The molecule has 200 valence electrons. The Bertz CT molecular complexity index is 973. The maximum atomic E-state index is 11.4. The lowest BCUT2D eigenvalue weighted by Crippen LogP contribution is -2.15. The zero-order valence-electron chi connectivity index (χ0n) is 21.1. The highest BCUT2D eigenvalue weighted by atomic mass is 16.6. The summed E-state index contributed by atoms with van der Waals surface area (Å²) in [5.74, 6) is 0.188. The van der Waals surface area contributed by atoms with Crippen LogP contribution >= 0.6 is 0 Å². The first-order valence-electron chi connectivity index (χ1n) is 12.5. The summed E-state index contributed by atoms with van der Waals surface area (Å²) in [7, 11) is 0. The van der Waals surface area contributed by atoms with Gasteiger partial charge >= 0.3 is 5.97 Å². The first-order chi connectivity index (χ1) is 18.2. The Morgan fingerprint density at radius 3 is 2.14 bits per heavy atom. The molecular weight excluding hydrogens is 476 g/mol. The van der Waals surface area contributed by atoms with E-state index in [1.54, 1.807) is 6.07 Å². The van der Waals surface area contributed by atoms with Gasteiger partial charge in [-0.25, -0.2) is 4.79 Å². The molecule has 8 nitrogen and oxygen atoms in total. The molecule has 1 atom stereocenters. The van der Waals surface area contributed by atoms with Gasteiger partial charge in [0, 0.05) is 5.92 Å². The smallest absolute Gasteiger partial charge is 0.335 e. The number of benzene rings is 2. The number of allylic oxidation sites excluding steroid dienone is 3. The molecule has 0 aliphatic heterocycles. The van der Waals surface area contributed by atoms with E-state index in [1.165, 1.54) is 12.1 Å². The molecule has 0 fully saturated rings. The summed E-state index contributed by atoms with van der Waals surface area (Å²) in [6.45, 7) is 4.38. The third-order valence-electron chi connectivity index (χ3n) is 5.42. The van der Waals surface area contributed by atoms with Gasteiger partial charge in [-0.15, -0.1) is 0 Å². The highest BCUT2D eigenvalue weighted by molar-refractivity contribution is 5.88. The summed E-state index contributed by atoms with van der Waals surface area (Å²) in [5, 5.41) is 9.30. The fourth-order valence-corrected chi connectivity index (χ4v) is 3.49. The zero-order valence-corrected chi connectivity index (χ0v) is 21.1. The molecule has 0 spiro atoms. The third-order valence-corrected chi connectivity index (χ3v) is 5.42. The molecule has 0 amide bonds. The van der Waals surface area contributed by atoms with Crippen molar-refractivity contribution in [3.05, 3.63) is 84.0 Å². The molecule has 3 rings (SSSR count). The minimum Gasteiger partial charge on any atom is -0.487 e. The van der Waals surface area contributed by atoms with Gasteiger partial charge in [0.1, 0.15) is 13.2 Å². The highest BCUT2D eigenvalue weighted by Crippen LogP contribution is 2.28. The topological polar surface area (TPSA) is 92.7 Å². The summed E-state index contributed by atoms with van der Waals surface area (Å²) < 4.78 is 33.9. The predicted octanol–water partition coefficient (Wildman–Crippen LogP) is 4.54. The molecule has 0 heterocycles. The minimum absolute atomic E-state index is 0.120. The molecule has 1 N–H and O–H groups in total. The Kier molecular flexibility index (Phi) is 13.3. The molecule has 2 aromatic rings. The normalized spacial score (nSPS) is 14.5. The Labute approximate surface area is 218 Å². The van der Waals surface area contributed by atoms with Crippen molar-refractivity contribution in [2.45, 2.75) is 13.0 Å². The molecule has 0 bridgehead atoms. The lowest BCUT2D eigenvalue weighted by Gasteiger charge is -2.15. The highest BCUT2D eigenvalue weighted by Gasteiger charge is 2.11. The van der Waals surface area contributed by atoms with E-state index in [9.17, 15) is 9.90 Å². The van der Waals surface area contributed by atoms with Crippen LogP contribution in [0.3, 0.4) is 0 Å². The standard InChI is InChI=1S/C29H36O8/c30-29(31)26-11-12-27(36-19-17-32-13-15-34-22-24-7-3-1-4-8-24)28(21-26)37-20-18-33-14-16-35-23-25-9-5-2-6-10-25/h1-9,11-12,21,25H,10,13-20,22-23H2,(H,30,31). The van der Waals surface area contributed by atoms with Crippen LogP contribution in [-0.2, 0) is 25.6 Å². The molecule has 37 heavy (non-hydrogen) atoms. The monoisotopic (exact) mass is 512 g/mol. The lowest BCUT2D eigenvalue weighted by molar-refractivity contribution is 0.0269. The van der Waals surface area contributed by atoms with Crippen LogP contribution in [0, 0.1) is 5.92 Å². The van der Waals surface area contributed by atoms with Crippen molar-refractivity contribution in [3.63, 3.8) is 0 Å². The molecule has 0 saturated heterocycles. The Morgan fingerprint density at radius 1 is 0.757 bits per heavy atom. The van der Waals surface area contributed by atoms with Crippen molar-refractivity contribution < 1.29 is 38.3 Å². The Balaban J connectivity index is 1.28. The van der Waals surface area contributed by atoms with Gasteiger partial charge in [-0.2, -0.15) is 0 Å². The summed E-state index contributed by atoms with van der Waals surface area (Å²) in [4.78, 5) is 11.4. The minimum atomic E-state index is -1.04. The molecule has 1 unspecified atom stereocenters. The van der Waals surface area contributed by atoms with Crippen molar-refractivity contribution in [1.29, 1.82) is 0 Å². The van der Waals surface area contributed by atoms with E-state index >= 15 is 0 Å². The largest absolute Gasteiger partial charge is 0.487 e. The molecular formula is C29H36O8. The number of rotatable bonds is 19. The van der Waals surface area contributed by atoms with Crippen molar-refractivity contribution >= 4 is 5.97 Å². The number of carboxylic acids is 1. The number of hydrogen-bond donors (Lipinski definition) is 1. The predicted molar refractivity (Wildman–Crippen MR) is 139 cm³/mol. The fourth-order valence-electron chi connectivity index (χ4n) is 3.49. The number of carbonyl (C=O) groups is 1. The summed E-state index contributed by atoms with van der Waals surface area (Å²) in [5.41, 5.74) is 1.24. The van der Waals surface area contributed by atoms with Crippen molar-refractivity contribution in [2.75, 3.05) is 59.5 Å². The molecule has 1 aliphatic rings. The third kappa shape index (κ3) is 11.6. The Hall–Kier alpha value is -3.17. The molecule has 2 aromatic carbocycles. The van der Waals surface area contributed by atoms with Gasteiger partial charge in [0.25, 0.3) is 0 Å². The SMILES string of the molecule is O=C(O)c1ccc(OCCOCCOCc2ccccc2)c(OCCOCCOCC2C=CC=CC2)c1. The van der Waals surface area contributed by atoms with Gasteiger partial charge in [-0.05, 0) is 30.2 Å². The maximum Gasteiger partial charge on any atom is 0.335 e. The summed E-state index contributed by atoms with van der Waals surface area (Å²) in [6.07, 6.45) is 9.36. The summed E-state index contributed by atoms with van der Waals surface area (Å²) in [6, 6.07) is 14.5. The second-order valence-electron chi connectivity index (χ2n) is 8.31. The first kappa shape index (κ1) is 28.4. The van der Waals surface area contributed by atoms with E-state index in [4.69, 9.17) is 28.4 Å². The van der Waals surface area contributed by atoms with E-state index < -0.39 is 5.97 Å². The van der Waals surface area contributed by atoms with Gasteiger partial charge in [-0.3, -0.25) is 0 Å². The average molecular weight is 513 g/mol. The number of aromatic carboxylic acids is 1. The molecule has 0 saturated carbocycles. The van der Waals surface area contributed by atoms with Gasteiger partial charge in [0.05, 0.1) is 58.4 Å². The molecule has 0 radical (unpaired) electrons. The second-order valence-corrected chi connectivity index (χ2v) is 8.31. The van der Waals surface area contributed by atoms with Crippen LogP contribution < -0.4 is 9.47 Å². The van der Waals surface area contributed by atoms with E-state index in [0.29, 0.717) is 76.9 Å². The van der Waals surface area contributed by atoms with Crippen LogP contribution in [0.1, 0.15) is 22.3 Å². The number of ether oxygens (including phenoxy) is 6. The van der Waals surface area contributed by atoms with E-state index in [1.807, 2.05) is 42.5 Å². The van der Waals surface area contributed by atoms with Crippen molar-refractivity contribution in [3.8, 4) is 11.5 Å². The fraction of sp³-hybridized carbons (Fsp3) is 0.414. The lowest BCUT2D eigenvalue weighted by atomic mass is 10.0. The van der Waals surface area contributed by atoms with Crippen LogP contribution in [-0.4, -0.2) is 70.5 Å². The van der Waals surface area contributed by atoms with Crippen LogP contribution in [0.2, 0.25) is 0 Å². The quantitative estimate of drug-likeness (QED) is 0.274. The maximum absolute atomic E-state index is 11.4. The molecule has 0 aromatic heterocycles. The number of hydrogen-bond acceptors (Lipinski definition) is 7. The first-order valence-corrected chi connectivity index (χ1v) is 12.5. The molecule has 8 heteroatoms. The summed E-state index contributed by atoms with van der Waals surface area (Å²) >= 11 is 0.